The Hall–Kier alpha value is -2.91. The van der Waals surface area contributed by atoms with E-state index in [0.717, 1.165) is 67.4 Å². The van der Waals surface area contributed by atoms with Crippen LogP contribution in [0.25, 0.3) is 0 Å². The Balaban J connectivity index is 1.05. The van der Waals surface area contributed by atoms with E-state index in [9.17, 15) is 8.78 Å². The fraction of sp³-hybridized carbons (Fsp3) is 0.440. The molecule has 0 atom stereocenters. The van der Waals surface area contributed by atoms with Crippen molar-refractivity contribution < 1.29 is 13.5 Å². The number of anilines is 1. The number of nitrogens with one attached hydrogen (secondary N) is 1. The maximum atomic E-state index is 14.3. The van der Waals surface area contributed by atoms with Crippen molar-refractivity contribution in [3.63, 3.8) is 0 Å². The van der Waals surface area contributed by atoms with Gasteiger partial charge in [0, 0.05) is 61.3 Å². The lowest BCUT2D eigenvalue weighted by Crippen LogP contribution is -2.72. The number of aliphatic imine (C=N–C) groups is 1. The van der Waals surface area contributed by atoms with Gasteiger partial charge in [0.2, 0.25) is 0 Å². The molecule has 3 fully saturated rings. The van der Waals surface area contributed by atoms with Gasteiger partial charge in [-0.25, -0.2) is 13.8 Å². The van der Waals surface area contributed by atoms with E-state index < -0.39 is 11.6 Å². The number of nitrogens with zero attached hydrogens (tertiary/aromatic N) is 5. The minimum atomic E-state index is -0.687. The molecule has 3 aliphatic heterocycles. The summed E-state index contributed by atoms with van der Waals surface area (Å²) in [7, 11) is 1.38. The third kappa shape index (κ3) is 4.43. The molecular weight excluding hydrogens is 474 g/mol. The van der Waals surface area contributed by atoms with Crippen LogP contribution in [0.3, 0.4) is 0 Å². The molecule has 2 aromatic rings. The first-order valence-corrected chi connectivity index (χ1v) is 12.2. The van der Waals surface area contributed by atoms with Crippen molar-refractivity contribution in [1.82, 2.24) is 15.2 Å². The Labute approximate surface area is 208 Å². The van der Waals surface area contributed by atoms with E-state index in [-0.39, 0.29) is 11.2 Å². The average Bonchev–Trinajstić information content (AvgIpc) is 3.61. The molecule has 7 nitrogen and oxygen atoms in total. The van der Waals surface area contributed by atoms with Gasteiger partial charge in [0.1, 0.15) is 18.0 Å². The van der Waals surface area contributed by atoms with E-state index in [4.69, 9.17) is 21.3 Å². The molecule has 1 aliphatic carbocycles. The highest BCUT2D eigenvalue weighted by molar-refractivity contribution is 6.30. The number of hydrogen-bond donors (Lipinski definition) is 1. The summed E-state index contributed by atoms with van der Waals surface area (Å²) in [6.07, 6.45) is 4.24. The van der Waals surface area contributed by atoms with Gasteiger partial charge in [0.15, 0.2) is 11.6 Å². The molecule has 4 aliphatic rings. The Kier molecular flexibility index (Phi) is 5.56. The van der Waals surface area contributed by atoms with E-state index in [1.54, 1.807) is 0 Å². The number of hydrazone groups is 1. The molecule has 1 spiro atoms. The first-order chi connectivity index (χ1) is 16.9. The van der Waals surface area contributed by atoms with Gasteiger partial charge in [-0.05, 0) is 36.6 Å². The average molecular weight is 501 g/mol. The number of rotatable bonds is 5. The molecule has 2 aromatic carbocycles. The van der Waals surface area contributed by atoms with Crippen LogP contribution in [0, 0.1) is 17.0 Å². The SMILES string of the molecule is COc1cc(N2CC3(CN(/C=N/NC4=Nc5ccc(Cl)cc5CN(C5CC5)C4)C3)C2)c(F)cc1F. The van der Waals surface area contributed by atoms with Gasteiger partial charge in [0.25, 0.3) is 0 Å². The van der Waals surface area contributed by atoms with Crippen LogP contribution in [-0.2, 0) is 6.54 Å². The predicted molar refractivity (Wildman–Crippen MR) is 133 cm³/mol. The quantitative estimate of drug-likeness (QED) is 0.382. The standard InChI is InChI=1S/C25H27ClF2N6O/c1-35-23-8-22(19(27)7-20(23)28)34-13-25(14-34)11-32(12-25)15-29-31-24-10-33(18-3-4-18)9-16-6-17(26)2-5-21(16)30-24/h2,5-8,15,18H,3-4,9-14H2,1H3,(H,30,31)/b29-15+. The molecule has 10 heteroatoms. The summed E-state index contributed by atoms with van der Waals surface area (Å²) in [6, 6.07) is 8.74. The number of fused-ring (bicyclic) bond motifs is 1. The molecule has 1 saturated carbocycles. The molecule has 0 unspecified atom stereocenters. The Morgan fingerprint density at radius 3 is 2.66 bits per heavy atom. The summed E-state index contributed by atoms with van der Waals surface area (Å²) in [4.78, 5) is 11.3. The molecule has 0 aromatic heterocycles. The highest BCUT2D eigenvalue weighted by Gasteiger charge is 2.51. The smallest absolute Gasteiger partial charge is 0.168 e. The van der Waals surface area contributed by atoms with E-state index in [2.05, 4.69) is 20.3 Å². The third-order valence-electron chi connectivity index (χ3n) is 7.19. The number of hydrogen-bond acceptors (Lipinski definition) is 6. The van der Waals surface area contributed by atoms with Crippen molar-refractivity contribution >= 4 is 35.1 Å². The molecule has 1 N–H and O–H groups in total. The maximum Gasteiger partial charge on any atom is 0.168 e. The van der Waals surface area contributed by atoms with Crippen LogP contribution in [0.5, 0.6) is 5.75 Å². The zero-order valence-corrected chi connectivity index (χ0v) is 20.2. The molecule has 6 rings (SSSR count). The second kappa shape index (κ2) is 8.64. The highest BCUT2D eigenvalue weighted by atomic mass is 35.5. The number of methoxy groups -OCH3 is 1. The van der Waals surface area contributed by atoms with Crippen molar-refractivity contribution in [3.05, 3.63) is 52.6 Å². The normalized spacial score (nSPS) is 21.3. The predicted octanol–water partition coefficient (Wildman–Crippen LogP) is 3.99. The van der Waals surface area contributed by atoms with Crippen molar-refractivity contribution in [1.29, 1.82) is 0 Å². The Morgan fingerprint density at radius 1 is 1.11 bits per heavy atom. The third-order valence-corrected chi connectivity index (χ3v) is 7.43. The van der Waals surface area contributed by atoms with Crippen molar-refractivity contribution in [3.8, 4) is 5.75 Å². The summed E-state index contributed by atoms with van der Waals surface area (Å²) in [5.41, 5.74) is 5.71. The van der Waals surface area contributed by atoms with Crippen molar-refractivity contribution in [2.75, 3.05) is 44.7 Å². The number of amidine groups is 1. The van der Waals surface area contributed by atoms with E-state index in [0.29, 0.717) is 11.7 Å². The van der Waals surface area contributed by atoms with E-state index in [1.165, 1.54) is 26.0 Å². The summed E-state index contributed by atoms with van der Waals surface area (Å²) < 4.78 is 33.0. The van der Waals surface area contributed by atoms with E-state index >= 15 is 0 Å². The zero-order valence-electron chi connectivity index (χ0n) is 19.5. The van der Waals surface area contributed by atoms with Gasteiger partial charge >= 0.3 is 0 Å². The molecule has 0 radical (unpaired) electrons. The van der Waals surface area contributed by atoms with Gasteiger partial charge in [-0.15, -0.1) is 0 Å². The van der Waals surface area contributed by atoms with Gasteiger partial charge in [0.05, 0.1) is 25.0 Å². The Morgan fingerprint density at radius 2 is 1.91 bits per heavy atom. The maximum absolute atomic E-state index is 14.3. The molecule has 184 valence electrons. The molecule has 0 bridgehead atoms. The zero-order chi connectivity index (χ0) is 24.2. The summed E-state index contributed by atoms with van der Waals surface area (Å²) in [5, 5.41) is 5.18. The fourth-order valence-corrected chi connectivity index (χ4v) is 5.52. The largest absolute Gasteiger partial charge is 0.494 e. The van der Waals surface area contributed by atoms with Crippen LogP contribution < -0.4 is 15.1 Å². The van der Waals surface area contributed by atoms with Crippen molar-refractivity contribution in [2.24, 2.45) is 15.5 Å². The van der Waals surface area contributed by atoms with E-state index in [1.807, 2.05) is 29.4 Å². The van der Waals surface area contributed by atoms with Gasteiger partial charge in [-0.2, -0.15) is 5.10 Å². The Bertz CT molecular complexity index is 1200. The van der Waals surface area contributed by atoms with Crippen molar-refractivity contribution in [2.45, 2.75) is 25.4 Å². The number of halogens is 3. The topological polar surface area (TPSA) is 55.7 Å². The first-order valence-electron chi connectivity index (χ1n) is 11.8. The molecule has 0 amide bonds. The highest BCUT2D eigenvalue weighted by Crippen LogP contribution is 2.43. The fourth-order valence-electron chi connectivity index (χ4n) is 5.33. The van der Waals surface area contributed by atoms with Crippen LogP contribution in [-0.4, -0.2) is 67.8 Å². The molecular formula is C25H27ClF2N6O. The van der Waals surface area contributed by atoms with Crippen LogP contribution in [0.1, 0.15) is 18.4 Å². The monoisotopic (exact) mass is 500 g/mol. The first kappa shape index (κ1) is 22.5. The minimum Gasteiger partial charge on any atom is -0.494 e. The second-order valence-electron chi connectivity index (χ2n) is 10.0. The molecule has 2 saturated heterocycles. The van der Waals surface area contributed by atoms with Crippen LogP contribution in [0.15, 0.2) is 40.4 Å². The lowest BCUT2D eigenvalue weighted by Gasteiger charge is -2.60. The van der Waals surface area contributed by atoms with Crippen LogP contribution >= 0.6 is 11.6 Å². The lowest BCUT2D eigenvalue weighted by molar-refractivity contribution is 0.0324. The van der Waals surface area contributed by atoms with Gasteiger partial charge in [-0.3, -0.25) is 10.3 Å². The summed E-state index contributed by atoms with van der Waals surface area (Å²) in [5.74, 6) is -0.370. The summed E-state index contributed by atoms with van der Waals surface area (Å²) >= 11 is 6.21. The minimum absolute atomic E-state index is 0.0585. The van der Waals surface area contributed by atoms with Gasteiger partial charge < -0.3 is 14.5 Å². The molecule has 35 heavy (non-hydrogen) atoms. The van der Waals surface area contributed by atoms with Crippen LogP contribution in [0.2, 0.25) is 5.02 Å². The van der Waals surface area contributed by atoms with Crippen LogP contribution in [0.4, 0.5) is 20.2 Å². The number of likely N-dealkylation sites (tertiary alicyclic amines) is 1. The summed E-state index contributed by atoms with van der Waals surface area (Å²) in [6.45, 7) is 4.69. The second-order valence-corrected chi connectivity index (χ2v) is 10.5. The molecule has 3 heterocycles. The number of benzene rings is 2. The number of ether oxygens (including phenoxy) is 1. The van der Waals surface area contributed by atoms with Gasteiger partial charge in [-0.1, -0.05) is 11.6 Å². The lowest BCUT2D eigenvalue weighted by atomic mass is 9.73.